The van der Waals surface area contributed by atoms with Gasteiger partial charge in [-0.1, -0.05) is 0 Å². The van der Waals surface area contributed by atoms with Crippen LogP contribution in [0, 0.1) is 5.82 Å². The van der Waals surface area contributed by atoms with Gasteiger partial charge in [-0.05, 0) is 49.4 Å². The van der Waals surface area contributed by atoms with E-state index in [1.807, 2.05) is 6.92 Å². The molecular weight excluding hydrogens is 323 g/mol. The van der Waals surface area contributed by atoms with Crippen LogP contribution in [0.3, 0.4) is 0 Å². The summed E-state index contributed by atoms with van der Waals surface area (Å²) in [5, 5.41) is 2.84. The summed E-state index contributed by atoms with van der Waals surface area (Å²) in [4.78, 5) is 25.0. The number of pyridine rings is 1. The van der Waals surface area contributed by atoms with Gasteiger partial charge in [0.2, 0.25) is 5.43 Å². The van der Waals surface area contributed by atoms with Crippen molar-refractivity contribution in [3.63, 3.8) is 0 Å². The Morgan fingerprint density at radius 3 is 2.60 bits per heavy atom. The van der Waals surface area contributed by atoms with Crippen LogP contribution in [-0.2, 0) is 7.05 Å². The summed E-state index contributed by atoms with van der Waals surface area (Å²) in [6, 6.07) is 10.8. The lowest BCUT2D eigenvalue weighted by Crippen LogP contribution is -2.23. The Hall–Kier alpha value is -3.15. The van der Waals surface area contributed by atoms with Crippen LogP contribution in [-0.4, -0.2) is 17.1 Å². The molecule has 0 atom stereocenters. The molecule has 6 heteroatoms. The summed E-state index contributed by atoms with van der Waals surface area (Å²) in [6.07, 6.45) is 1.45. The molecule has 0 aliphatic rings. The van der Waals surface area contributed by atoms with Crippen molar-refractivity contribution in [3.05, 3.63) is 70.3 Å². The number of halogens is 1. The number of benzene rings is 2. The zero-order chi connectivity index (χ0) is 18.0. The molecule has 3 rings (SSSR count). The second-order valence-corrected chi connectivity index (χ2v) is 5.56. The first kappa shape index (κ1) is 16.7. The van der Waals surface area contributed by atoms with Crippen LogP contribution < -0.4 is 15.5 Å². The number of hydrogen-bond acceptors (Lipinski definition) is 3. The number of aromatic nitrogens is 1. The number of carbonyl (C=O) groups excluding carboxylic acids is 1. The van der Waals surface area contributed by atoms with Crippen LogP contribution in [0.5, 0.6) is 5.75 Å². The predicted molar refractivity (Wildman–Crippen MR) is 94.7 cm³/mol. The number of fused-ring (bicyclic) bond motifs is 1. The van der Waals surface area contributed by atoms with Crippen molar-refractivity contribution in [3.8, 4) is 5.75 Å². The van der Waals surface area contributed by atoms with Crippen LogP contribution in [0.1, 0.15) is 17.3 Å². The van der Waals surface area contributed by atoms with Gasteiger partial charge in [-0.15, -0.1) is 0 Å². The lowest BCUT2D eigenvalue weighted by atomic mass is 10.1. The Bertz CT molecular complexity index is 994. The number of nitrogens with zero attached hydrogens (tertiary/aromatic N) is 1. The minimum Gasteiger partial charge on any atom is -0.494 e. The molecule has 0 radical (unpaired) electrons. The Morgan fingerprint density at radius 2 is 1.92 bits per heavy atom. The van der Waals surface area contributed by atoms with E-state index in [0.29, 0.717) is 23.6 Å². The largest absolute Gasteiger partial charge is 0.494 e. The molecular formula is C19H17FN2O3. The van der Waals surface area contributed by atoms with Crippen molar-refractivity contribution in [1.82, 2.24) is 4.57 Å². The molecule has 0 saturated heterocycles. The minimum absolute atomic E-state index is 0.0468. The number of anilines is 1. The molecule has 0 aliphatic carbocycles. The molecule has 1 aromatic heterocycles. The zero-order valence-corrected chi connectivity index (χ0v) is 13.9. The van der Waals surface area contributed by atoms with Gasteiger partial charge in [-0.25, -0.2) is 4.39 Å². The summed E-state index contributed by atoms with van der Waals surface area (Å²) in [5.74, 6) is -0.373. The second kappa shape index (κ2) is 6.76. The quantitative estimate of drug-likeness (QED) is 0.792. The molecule has 128 valence electrons. The molecule has 1 N–H and O–H groups in total. The highest BCUT2D eigenvalue weighted by atomic mass is 19.1. The van der Waals surface area contributed by atoms with E-state index >= 15 is 0 Å². The second-order valence-electron chi connectivity index (χ2n) is 5.56. The third-order valence-electron chi connectivity index (χ3n) is 3.82. The van der Waals surface area contributed by atoms with E-state index in [2.05, 4.69) is 5.32 Å². The van der Waals surface area contributed by atoms with Gasteiger partial charge in [0, 0.05) is 24.3 Å². The lowest BCUT2D eigenvalue weighted by Gasteiger charge is -2.10. The Kier molecular flexibility index (Phi) is 4.52. The zero-order valence-electron chi connectivity index (χ0n) is 13.9. The first-order chi connectivity index (χ1) is 12.0. The molecule has 0 unspecified atom stereocenters. The lowest BCUT2D eigenvalue weighted by molar-refractivity contribution is 0.102. The number of ether oxygens (including phenoxy) is 1. The third kappa shape index (κ3) is 3.38. The maximum Gasteiger partial charge on any atom is 0.261 e. The smallest absolute Gasteiger partial charge is 0.261 e. The number of aryl methyl sites for hydroxylation is 1. The molecule has 0 bridgehead atoms. The third-order valence-corrected chi connectivity index (χ3v) is 3.82. The fourth-order valence-electron chi connectivity index (χ4n) is 2.63. The maximum atomic E-state index is 13.5. The van der Waals surface area contributed by atoms with Gasteiger partial charge in [-0.2, -0.15) is 0 Å². The number of nitrogens with one attached hydrogen (secondary N) is 1. The van der Waals surface area contributed by atoms with Crippen molar-refractivity contribution in [2.24, 2.45) is 7.05 Å². The Morgan fingerprint density at radius 1 is 1.20 bits per heavy atom. The molecule has 3 aromatic rings. The van der Waals surface area contributed by atoms with E-state index in [1.165, 1.54) is 18.3 Å². The molecule has 0 fully saturated rings. The van der Waals surface area contributed by atoms with E-state index in [0.717, 1.165) is 6.07 Å². The summed E-state index contributed by atoms with van der Waals surface area (Å²) in [7, 11) is 1.70. The number of carbonyl (C=O) groups is 1. The minimum atomic E-state index is -0.545. The highest BCUT2D eigenvalue weighted by Crippen LogP contribution is 2.17. The summed E-state index contributed by atoms with van der Waals surface area (Å²) < 4.78 is 20.4. The van der Waals surface area contributed by atoms with Crippen molar-refractivity contribution in [2.45, 2.75) is 6.92 Å². The van der Waals surface area contributed by atoms with Crippen LogP contribution in [0.2, 0.25) is 0 Å². The number of hydrogen-bond donors (Lipinski definition) is 1. The first-order valence-electron chi connectivity index (χ1n) is 7.82. The molecule has 1 amide bonds. The van der Waals surface area contributed by atoms with Gasteiger partial charge in [-0.3, -0.25) is 9.59 Å². The Balaban J connectivity index is 1.94. The van der Waals surface area contributed by atoms with Crippen molar-refractivity contribution >= 4 is 22.5 Å². The monoisotopic (exact) mass is 340 g/mol. The molecule has 25 heavy (non-hydrogen) atoms. The summed E-state index contributed by atoms with van der Waals surface area (Å²) in [6.45, 7) is 2.43. The Labute approximate surface area is 143 Å². The molecule has 0 aliphatic heterocycles. The topological polar surface area (TPSA) is 60.3 Å². The SMILES string of the molecule is CCOc1ccc(NC(=O)c2cn(C)c3ccc(F)cc3c2=O)cc1. The first-order valence-corrected chi connectivity index (χ1v) is 7.82. The highest BCUT2D eigenvalue weighted by molar-refractivity contribution is 6.05. The van der Waals surface area contributed by atoms with E-state index in [9.17, 15) is 14.0 Å². The molecule has 0 saturated carbocycles. The molecule has 1 heterocycles. The van der Waals surface area contributed by atoms with Gasteiger partial charge < -0.3 is 14.6 Å². The van der Waals surface area contributed by atoms with E-state index in [-0.39, 0.29) is 10.9 Å². The molecule has 0 spiro atoms. The van der Waals surface area contributed by atoms with Gasteiger partial charge in [0.1, 0.15) is 17.1 Å². The summed E-state index contributed by atoms with van der Waals surface area (Å²) >= 11 is 0. The van der Waals surface area contributed by atoms with Crippen LogP contribution >= 0.6 is 0 Å². The number of rotatable bonds is 4. The maximum absolute atomic E-state index is 13.5. The van der Waals surface area contributed by atoms with Crippen molar-refractivity contribution in [2.75, 3.05) is 11.9 Å². The average molecular weight is 340 g/mol. The standard InChI is InChI=1S/C19H17FN2O3/c1-3-25-14-7-5-13(6-8-14)21-19(24)16-11-22(2)17-9-4-12(20)10-15(17)18(16)23/h4-11H,3H2,1-2H3,(H,21,24). The van der Waals surface area contributed by atoms with Crippen LogP contribution in [0.25, 0.3) is 10.9 Å². The van der Waals surface area contributed by atoms with Gasteiger partial charge >= 0.3 is 0 Å². The normalized spacial score (nSPS) is 10.7. The number of amides is 1. The van der Waals surface area contributed by atoms with E-state index < -0.39 is 17.2 Å². The van der Waals surface area contributed by atoms with E-state index in [1.54, 1.807) is 35.9 Å². The van der Waals surface area contributed by atoms with Crippen molar-refractivity contribution < 1.29 is 13.9 Å². The van der Waals surface area contributed by atoms with Crippen LogP contribution in [0.15, 0.2) is 53.5 Å². The fraction of sp³-hybridized carbons (Fsp3) is 0.158. The highest BCUT2D eigenvalue weighted by Gasteiger charge is 2.15. The van der Waals surface area contributed by atoms with Crippen LogP contribution in [0.4, 0.5) is 10.1 Å². The van der Waals surface area contributed by atoms with Gasteiger partial charge in [0.25, 0.3) is 5.91 Å². The van der Waals surface area contributed by atoms with E-state index in [4.69, 9.17) is 4.74 Å². The van der Waals surface area contributed by atoms with Gasteiger partial charge in [0.05, 0.1) is 12.1 Å². The average Bonchev–Trinajstić information content (AvgIpc) is 2.60. The van der Waals surface area contributed by atoms with Crippen molar-refractivity contribution in [1.29, 1.82) is 0 Å². The molecule has 5 nitrogen and oxygen atoms in total. The predicted octanol–water partition coefficient (Wildman–Crippen LogP) is 3.33. The fourth-order valence-corrected chi connectivity index (χ4v) is 2.63. The van der Waals surface area contributed by atoms with Gasteiger partial charge in [0.15, 0.2) is 0 Å². The molecule has 2 aromatic carbocycles. The summed E-state index contributed by atoms with van der Waals surface area (Å²) in [5.41, 5.74) is 0.546.